The smallest absolute Gasteiger partial charge is 0.265 e. The summed E-state index contributed by atoms with van der Waals surface area (Å²) in [5, 5.41) is 12.4. The Morgan fingerprint density at radius 2 is 0.934 bits per heavy atom. The predicted molar refractivity (Wildman–Crippen MR) is 234 cm³/mol. The quantitative estimate of drug-likeness (QED) is 0.130. The highest BCUT2D eigenvalue weighted by atomic mass is 32.2. The van der Waals surface area contributed by atoms with Crippen molar-refractivity contribution in [2.45, 2.75) is 36.7 Å². The topological polar surface area (TPSA) is 104 Å². The van der Waals surface area contributed by atoms with Crippen molar-refractivity contribution in [2.75, 3.05) is 15.7 Å². The number of halogens is 4. The van der Waals surface area contributed by atoms with Crippen molar-refractivity contribution in [3.05, 3.63) is 179 Å². The number of aryl methyl sites for hydroxylation is 2. The van der Waals surface area contributed by atoms with E-state index in [9.17, 15) is 39.5 Å². The van der Waals surface area contributed by atoms with Gasteiger partial charge in [0.25, 0.3) is 20.0 Å². The van der Waals surface area contributed by atoms with Crippen LogP contribution in [-0.2, 0) is 33.1 Å². The first-order valence-corrected chi connectivity index (χ1v) is 22.9. The van der Waals surface area contributed by atoms with Gasteiger partial charge in [0.05, 0.1) is 30.0 Å². The lowest BCUT2D eigenvalue weighted by Crippen LogP contribution is -2.30. The Labute approximate surface area is 358 Å². The summed E-state index contributed by atoms with van der Waals surface area (Å²) in [4.78, 5) is 0.0625. The Morgan fingerprint density at radius 3 is 1.31 bits per heavy atom. The number of anilines is 2. The van der Waals surface area contributed by atoms with Crippen LogP contribution in [0.3, 0.4) is 0 Å². The summed E-state index contributed by atoms with van der Waals surface area (Å²) in [5.41, 5.74) is 2.24. The Balaban J connectivity index is 0.000000184. The average Bonchev–Trinajstić information content (AvgIpc) is 3.77. The van der Waals surface area contributed by atoms with Crippen LogP contribution < -0.4 is 13.3 Å². The lowest BCUT2D eigenvalue weighted by Gasteiger charge is -2.24. The highest BCUT2D eigenvalue weighted by Gasteiger charge is 2.31. The lowest BCUT2D eigenvalue weighted by atomic mass is 10.2. The van der Waals surface area contributed by atoms with Crippen LogP contribution in [0.2, 0.25) is 0 Å². The van der Waals surface area contributed by atoms with E-state index >= 15 is 0 Å². The summed E-state index contributed by atoms with van der Waals surface area (Å²) in [5.74, 6) is -3.56. The molecule has 0 unspecified atom stereocenters. The zero-order valence-electron chi connectivity index (χ0n) is 32.6. The molecular weight excluding hydrogens is 869 g/mol. The minimum atomic E-state index is -4.05. The third-order valence-corrected chi connectivity index (χ3v) is 16.1. The number of hydrogen-bond acceptors (Lipinski definition) is 8. The number of benzene rings is 6. The Kier molecular flexibility index (Phi) is 12.4. The maximum atomic E-state index is 13.8. The number of phenolic OH excluding ortho intramolecular Hbond substituents is 1. The number of ether oxygens (including phenoxy) is 1. The summed E-state index contributed by atoms with van der Waals surface area (Å²) in [6.07, 6.45) is 0. The van der Waals surface area contributed by atoms with Crippen molar-refractivity contribution >= 4 is 72.9 Å². The molecule has 0 aliphatic rings. The minimum absolute atomic E-state index is 0.0141. The fraction of sp³-hybridized carbons (Fsp3) is 0.111. The Hall–Kier alpha value is -5.94. The van der Waals surface area contributed by atoms with E-state index in [1.54, 1.807) is 12.1 Å². The number of rotatable bonds is 11. The van der Waals surface area contributed by atoms with Crippen molar-refractivity contribution in [2.24, 2.45) is 0 Å². The van der Waals surface area contributed by atoms with Crippen LogP contribution in [0, 0.1) is 37.1 Å². The SMILES string of the molecule is COc1ccc(S(=O)(=O)N(Cc2ccc(F)c(F)c2)c2sc3ccccc3c2C)cc1.Cc1c(N(Cc2ccc(F)c(F)c2)S(=O)(=O)c2ccc(O)cc2)sc2ccccc12. The highest BCUT2D eigenvalue weighted by molar-refractivity contribution is 7.93. The van der Waals surface area contributed by atoms with Gasteiger partial charge in [0.2, 0.25) is 0 Å². The molecule has 8 nitrogen and oxygen atoms in total. The molecule has 0 aliphatic carbocycles. The number of fused-ring (bicyclic) bond motifs is 2. The van der Waals surface area contributed by atoms with Gasteiger partial charge in [0.15, 0.2) is 23.3 Å². The lowest BCUT2D eigenvalue weighted by molar-refractivity contribution is 0.414. The van der Waals surface area contributed by atoms with Crippen LogP contribution in [0.1, 0.15) is 22.3 Å². The van der Waals surface area contributed by atoms with Gasteiger partial charge in [0.1, 0.15) is 21.5 Å². The van der Waals surface area contributed by atoms with Crippen LogP contribution in [0.5, 0.6) is 11.5 Å². The second-order valence-corrected chi connectivity index (χ2v) is 19.5. The molecule has 1 N–H and O–H groups in total. The molecule has 0 bridgehead atoms. The van der Waals surface area contributed by atoms with Crippen molar-refractivity contribution in [1.82, 2.24) is 0 Å². The van der Waals surface area contributed by atoms with Gasteiger partial charge in [-0.2, -0.15) is 0 Å². The van der Waals surface area contributed by atoms with Crippen molar-refractivity contribution < 1.29 is 44.2 Å². The molecule has 2 heterocycles. The molecule has 0 amide bonds. The van der Waals surface area contributed by atoms with E-state index in [-0.39, 0.29) is 28.6 Å². The van der Waals surface area contributed by atoms with Crippen LogP contribution in [0.25, 0.3) is 20.2 Å². The fourth-order valence-corrected chi connectivity index (χ4v) is 12.4. The second kappa shape index (κ2) is 17.6. The van der Waals surface area contributed by atoms with E-state index < -0.39 is 43.3 Å². The molecular formula is C45H36F4N2O6S4. The first-order chi connectivity index (χ1) is 29.1. The molecule has 2 aromatic heterocycles. The van der Waals surface area contributed by atoms with Gasteiger partial charge < -0.3 is 9.84 Å². The highest BCUT2D eigenvalue weighted by Crippen LogP contribution is 2.42. The van der Waals surface area contributed by atoms with Crippen molar-refractivity contribution in [1.29, 1.82) is 0 Å². The molecule has 0 radical (unpaired) electrons. The molecule has 61 heavy (non-hydrogen) atoms. The van der Waals surface area contributed by atoms with E-state index in [0.717, 1.165) is 55.6 Å². The predicted octanol–water partition coefficient (Wildman–Crippen LogP) is 11.5. The molecule has 6 aromatic carbocycles. The molecule has 0 aliphatic heterocycles. The van der Waals surface area contributed by atoms with E-state index in [4.69, 9.17) is 4.74 Å². The van der Waals surface area contributed by atoms with Gasteiger partial charge in [-0.05, 0) is 132 Å². The first-order valence-electron chi connectivity index (χ1n) is 18.4. The number of sulfonamides is 2. The molecule has 8 aromatic rings. The zero-order chi connectivity index (χ0) is 43.6. The van der Waals surface area contributed by atoms with E-state index in [2.05, 4.69) is 0 Å². The number of nitrogens with zero attached hydrogens (tertiary/aromatic N) is 2. The van der Waals surface area contributed by atoms with Crippen LogP contribution in [-0.4, -0.2) is 29.1 Å². The van der Waals surface area contributed by atoms with Gasteiger partial charge in [-0.15, -0.1) is 22.7 Å². The van der Waals surface area contributed by atoms with Gasteiger partial charge in [-0.1, -0.05) is 48.5 Å². The summed E-state index contributed by atoms with van der Waals surface area (Å²) in [6, 6.07) is 33.2. The monoisotopic (exact) mass is 904 g/mol. The standard InChI is InChI=1S/C23H19F2NO3S2.C22H17F2NO3S2/c1-15-19-5-3-4-6-22(19)30-23(15)26(14-16-7-12-20(24)21(25)13-16)31(27,28)18-10-8-17(29-2)9-11-18;1-14-18-4-2-3-5-21(18)29-22(14)25(13-15-6-11-19(23)20(24)12-15)30(27,28)17-9-7-16(26)8-10-17/h3-13H,14H2,1-2H3;2-12,26H,13H2,1H3. The summed E-state index contributed by atoms with van der Waals surface area (Å²) in [7, 11) is -6.54. The molecule has 0 saturated carbocycles. The normalized spacial score (nSPS) is 11.7. The first kappa shape index (κ1) is 43.2. The largest absolute Gasteiger partial charge is 0.508 e. The number of hydrogen-bond donors (Lipinski definition) is 1. The molecule has 8 rings (SSSR count). The number of phenols is 1. The van der Waals surface area contributed by atoms with Gasteiger partial charge in [-0.3, -0.25) is 8.61 Å². The average molecular weight is 905 g/mol. The fourth-order valence-electron chi connectivity index (χ4n) is 6.56. The molecule has 0 saturated heterocycles. The minimum Gasteiger partial charge on any atom is -0.508 e. The second-order valence-electron chi connectivity index (χ2n) is 13.7. The number of methoxy groups -OCH3 is 1. The third-order valence-electron chi connectivity index (χ3n) is 9.78. The van der Waals surface area contributed by atoms with Crippen molar-refractivity contribution in [3.8, 4) is 11.5 Å². The van der Waals surface area contributed by atoms with Crippen molar-refractivity contribution in [3.63, 3.8) is 0 Å². The van der Waals surface area contributed by atoms with E-state index in [1.807, 2.05) is 62.4 Å². The maximum Gasteiger partial charge on any atom is 0.265 e. The Morgan fingerprint density at radius 1 is 0.541 bits per heavy atom. The van der Waals surface area contributed by atoms with Gasteiger partial charge in [-0.25, -0.2) is 34.4 Å². The molecule has 16 heteroatoms. The summed E-state index contributed by atoms with van der Waals surface area (Å²) >= 11 is 2.65. The molecule has 314 valence electrons. The summed E-state index contributed by atoms with van der Waals surface area (Å²) < 4.78 is 118. The number of aromatic hydroxyl groups is 1. The third kappa shape index (κ3) is 8.93. The zero-order valence-corrected chi connectivity index (χ0v) is 35.9. The molecule has 0 fully saturated rings. The summed E-state index contributed by atoms with van der Waals surface area (Å²) in [6.45, 7) is 3.38. The van der Waals surface area contributed by atoms with E-state index in [1.165, 1.54) is 86.9 Å². The van der Waals surface area contributed by atoms with Crippen LogP contribution >= 0.6 is 22.7 Å². The van der Waals surface area contributed by atoms with Crippen LogP contribution in [0.4, 0.5) is 27.6 Å². The molecule has 0 spiro atoms. The number of thiophene rings is 2. The molecule has 0 atom stereocenters. The Bertz CT molecular complexity index is 3100. The van der Waals surface area contributed by atoms with Gasteiger partial charge in [0, 0.05) is 9.40 Å². The van der Waals surface area contributed by atoms with E-state index in [0.29, 0.717) is 26.9 Å². The maximum absolute atomic E-state index is 13.8. The van der Waals surface area contributed by atoms with Gasteiger partial charge >= 0.3 is 0 Å². The van der Waals surface area contributed by atoms with Crippen LogP contribution in [0.15, 0.2) is 143 Å².